The minimum absolute atomic E-state index is 0.157. The Kier molecular flexibility index (Phi) is 9.61. The molecule has 8 heteroatoms. The lowest BCUT2D eigenvalue weighted by molar-refractivity contribution is -0.115. The molecule has 0 spiro atoms. The fourth-order valence-electron chi connectivity index (χ4n) is 5.59. The van der Waals surface area contributed by atoms with Crippen LogP contribution in [0.1, 0.15) is 50.3 Å². The summed E-state index contributed by atoms with van der Waals surface area (Å²) in [5.74, 6) is 0.261. The van der Waals surface area contributed by atoms with Crippen LogP contribution in [0.4, 0.5) is 16.4 Å². The summed E-state index contributed by atoms with van der Waals surface area (Å²) in [5.41, 5.74) is 6.81. The molecule has 1 aliphatic rings. The summed E-state index contributed by atoms with van der Waals surface area (Å²) in [7, 11) is 0. The molecule has 0 saturated heterocycles. The SMILES string of the molecule is Cc1ccc(NC(=S)Nc2cccc(SC(C(=O)Nc3sc4c(c3C#N)CCC(c3ccccc3)C4)c3ccccc3)c2)cc1. The van der Waals surface area contributed by atoms with Gasteiger partial charge in [0.25, 0.3) is 0 Å². The summed E-state index contributed by atoms with van der Waals surface area (Å²) >= 11 is 8.57. The second kappa shape index (κ2) is 14.1. The molecule has 1 aromatic heterocycles. The zero-order chi connectivity index (χ0) is 31.2. The highest BCUT2D eigenvalue weighted by Crippen LogP contribution is 2.43. The molecule has 1 heterocycles. The van der Waals surface area contributed by atoms with Gasteiger partial charge in [-0.25, -0.2) is 0 Å². The summed E-state index contributed by atoms with van der Waals surface area (Å²) in [5, 5.41) is 20.4. The van der Waals surface area contributed by atoms with Gasteiger partial charge in [-0.3, -0.25) is 4.79 Å². The average molecular weight is 645 g/mol. The number of thiophene rings is 1. The van der Waals surface area contributed by atoms with E-state index in [-0.39, 0.29) is 5.91 Å². The number of carbonyl (C=O) groups excluding carboxylic acids is 1. The lowest BCUT2D eigenvalue weighted by Gasteiger charge is -2.22. The molecule has 0 radical (unpaired) electrons. The van der Waals surface area contributed by atoms with Gasteiger partial charge in [0.2, 0.25) is 5.91 Å². The van der Waals surface area contributed by atoms with Gasteiger partial charge in [-0.15, -0.1) is 23.1 Å². The van der Waals surface area contributed by atoms with E-state index in [2.05, 4.69) is 46.3 Å². The number of aryl methyl sites for hydroxylation is 1. The highest BCUT2D eigenvalue weighted by atomic mass is 32.2. The molecule has 5 nitrogen and oxygen atoms in total. The maximum atomic E-state index is 14.0. The van der Waals surface area contributed by atoms with Crippen molar-refractivity contribution in [3.63, 3.8) is 0 Å². The number of hydrogen-bond acceptors (Lipinski definition) is 5. The summed E-state index contributed by atoms with van der Waals surface area (Å²) in [6.45, 7) is 2.05. The Balaban J connectivity index is 1.19. The van der Waals surface area contributed by atoms with E-state index >= 15 is 0 Å². The number of nitrogens with zero attached hydrogens (tertiary/aromatic N) is 1. The van der Waals surface area contributed by atoms with Crippen LogP contribution >= 0.6 is 35.3 Å². The van der Waals surface area contributed by atoms with E-state index < -0.39 is 5.25 Å². The Morgan fingerprint density at radius 2 is 1.62 bits per heavy atom. The minimum atomic E-state index is -0.526. The van der Waals surface area contributed by atoms with Crippen molar-refractivity contribution in [3.8, 4) is 6.07 Å². The van der Waals surface area contributed by atoms with Gasteiger partial charge in [0.1, 0.15) is 16.3 Å². The van der Waals surface area contributed by atoms with Gasteiger partial charge in [-0.1, -0.05) is 84.4 Å². The first-order valence-electron chi connectivity index (χ1n) is 14.8. The first kappa shape index (κ1) is 30.6. The monoisotopic (exact) mass is 644 g/mol. The van der Waals surface area contributed by atoms with Gasteiger partial charge >= 0.3 is 0 Å². The van der Waals surface area contributed by atoms with Crippen molar-refractivity contribution < 1.29 is 4.79 Å². The van der Waals surface area contributed by atoms with E-state index in [0.717, 1.165) is 46.7 Å². The van der Waals surface area contributed by atoms with Crippen molar-refractivity contribution in [1.82, 2.24) is 0 Å². The van der Waals surface area contributed by atoms with E-state index in [1.165, 1.54) is 27.8 Å². The Morgan fingerprint density at radius 1 is 0.911 bits per heavy atom. The molecule has 0 bridgehead atoms. The predicted molar refractivity (Wildman–Crippen MR) is 191 cm³/mol. The van der Waals surface area contributed by atoms with Crippen LogP contribution in [0.15, 0.2) is 114 Å². The first-order valence-corrected chi connectivity index (χ1v) is 16.9. The van der Waals surface area contributed by atoms with E-state index in [1.54, 1.807) is 11.3 Å². The molecule has 224 valence electrons. The van der Waals surface area contributed by atoms with Gasteiger partial charge in [0.05, 0.1) is 5.56 Å². The van der Waals surface area contributed by atoms with Gasteiger partial charge in [-0.2, -0.15) is 5.26 Å². The number of fused-ring (bicyclic) bond motifs is 1. The van der Waals surface area contributed by atoms with Crippen LogP contribution in [0, 0.1) is 18.3 Å². The molecule has 45 heavy (non-hydrogen) atoms. The third-order valence-electron chi connectivity index (χ3n) is 7.88. The molecule has 1 amide bonds. The van der Waals surface area contributed by atoms with Crippen LogP contribution in [-0.4, -0.2) is 11.0 Å². The smallest absolute Gasteiger partial charge is 0.243 e. The normalized spacial score (nSPS) is 14.4. The summed E-state index contributed by atoms with van der Waals surface area (Å²) in [4.78, 5) is 16.1. The lowest BCUT2D eigenvalue weighted by atomic mass is 9.83. The quantitative estimate of drug-likeness (QED) is 0.115. The third-order valence-corrected chi connectivity index (χ3v) is 10.5. The van der Waals surface area contributed by atoms with Crippen LogP contribution in [0.3, 0.4) is 0 Å². The minimum Gasteiger partial charge on any atom is -0.332 e. The Morgan fingerprint density at radius 3 is 2.36 bits per heavy atom. The lowest BCUT2D eigenvalue weighted by Crippen LogP contribution is -2.19. The highest BCUT2D eigenvalue weighted by Gasteiger charge is 2.29. The number of thioether (sulfide) groups is 1. The van der Waals surface area contributed by atoms with Crippen molar-refractivity contribution in [3.05, 3.63) is 142 Å². The molecule has 0 saturated carbocycles. The predicted octanol–water partition coefficient (Wildman–Crippen LogP) is 9.48. The number of hydrogen-bond donors (Lipinski definition) is 3. The maximum absolute atomic E-state index is 14.0. The van der Waals surface area contributed by atoms with E-state index in [1.807, 2.05) is 91.9 Å². The molecule has 6 rings (SSSR count). The molecule has 5 aromatic rings. The Bertz CT molecular complexity index is 1850. The van der Waals surface area contributed by atoms with Gasteiger partial charge in [0.15, 0.2) is 5.11 Å². The molecule has 2 unspecified atom stereocenters. The zero-order valence-electron chi connectivity index (χ0n) is 24.7. The number of benzene rings is 4. The van der Waals surface area contributed by atoms with Gasteiger partial charge in [-0.05, 0) is 91.3 Å². The Hall–Kier alpha value is -4.42. The van der Waals surface area contributed by atoms with Crippen molar-refractivity contribution in [2.75, 3.05) is 16.0 Å². The summed E-state index contributed by atoms with van der Waals surface area (Å²) in [6, 6.07) is 38.6. The number of amides is 1. The second-order valence-corrected chi connectivity index (χ2v) is 13.7. The van der Waals surface area contributed by atoms with Crippen LogP contribution in [0.5, 0.6) is 0 Å². The van der Waals surface area contributed by atoms with E-state index in [9.17, 15) is 10.1 Å². The first-order chi connectivity index (χ1) is 22.0. The number of rotatable bonds is 8. The van der Waals surface area contributed by atoms with Crippen LogP contribution in [-0.2, 0) is 17.6 Å². The largest absolute Gasteiger partial charge is 0.332 e. The molecular formula is C37H32N4OS3. The molecule has 3 N–H and O–H groups in total. The number of thiocarbonyl (C=S) groups is 1. The molecule has 4 aromatic carbocycles. The average Bonchev–Trinajstić information content (AvgIpc) is 3.41. The summed E-state index contributed by atoms with van der Waals surface area (Å²) < 4.78 is 0. The Labute approximate surface area is 277 Å². The second-order valence-electron chi connectivity index (χ2n) is 11.0. The van der Waals surface area contributed by atoms with Crippen molar-refractivity contribution >= 4 is 62.7 Å². The molecular weight excluding hydrogens is 613 g/mol. The number of anilines is 3. The highest BCUT2D eigenvalue weighted by molar-refractivity contribution is 8.00. The fourth-order valence-corrected chi connectivity index (χ4v) is 8.19. The van der Waals surface area contributed by atoms with Crippen LogP contribution in [0.2, 0.25) is 0 Å². The van der Waals surface area contributed by atoms with Crippen molar-refractivity contribution in [1.29, 1.82) is 5.26 Å². The molecule has 0 fully saturated rings. The van der Waals surface area contributed by atoms with Crippen molar-refractivity contribution in [2.45, 2.75) is 42.2 Å². The summed E-state index contributed by atoms with van der Waals surface area (Å²) in [6.07, 6.45) is 2.71. The maximum Gasteiger partial charge on any atom is 0.243 e. The topological polar surface area (TPSA) is 76.9 Å². The number of carbonyl (C=O) groups is 1. The van der Waals surface area contributed by atoms with E-state index in [4.69, 9.17) is 12.2 Å². The standard InChI is InChI=1S/C37H32N4OS3/c1-24-15-18-28(19-16-24)39-37(43)40-29-13-8-14-30(22-29)44-34(26-11-6-3-7-12-26)35(42)41-36-32(23-38)31-20-17-27(21-33(31)45-36)25-9-4-2-5-10-25/h2-16,18-19,22,27,34H,17,20-21H2,1H3,(H,41,42)(H2,39,40,43). The molecule has 2 atom stereocenters. The van der Waals surface area contributed by atoms with Crippen molar-refractivity contribution in [2.24, 2.45) is 0 Å². The number of nitrogens with one attached hydrogen (secondary N) is 3. The zero-order valence-corrected chi connectivity index (χ0v) is 27.2. The number of nitriles is 1. The third kappa shape index (κ3) is 7.46. The van der Waals surface area contributed by atoms with Crippen LogP contribution < -0.4 is 16.0 Å². The van der Waals surface area contributed by atoms with Gasteiger partial charge < -0.3 is 16.0 Å². The molecule has 0 aliphatic heterocycles. The van der Waals surface area contributed by atoms with Crippen LogP contribution in [0.25, 0.3) is 0 Å². The van der Waals surface area contributed by atoms with E-state index in [0.29, 0.717) is 21.6 Å². The molecule has 1 aliphatic carbocycles. The van der Waals surface area contributed by atoms with Gasteiger partial charge in [0, 0.05) is 21.1 Å². The fraction of sp³-hybridized carbons (Fsp3) is 0.162.